The summed E-state index contributed by atoms with van der Waals surface area (Å²) in [6, 6.07) is 23.1. The third-order valence-corrected chi connectivity index (χ3v) is 9.15. The molecule has 7 nitrogen and oxygen atoms in total. The minimum Gasteiger partial charge on any atom is -0.491 e. The zero-order valence-corrected chi connectivity index (χ0v) is 24.2. The third kappa shape index (κ3) is 6.17. The minimum absolute atomic E-state index is 0.0218. The molecule has 41 heavy (non-hydrogen) atoms. The van der Waals surface area contributed by atoms with E-state index >= 15 is 0 Å². The van der Waals surface area contributed by atoms with Gasteiger partial charge in [0.05, 0.1) is 17.4 Å². The molecule has 1 aliphatic rings. The van der Waals surface area contributed by atoms with Gasteiger partial charge in [-0.05, 0) is 67.0 Å². The lowest BCUT2D eigenvalue weighted by Gasteiger charge is -2.19. The van der Waals surface area contributed by atoms with E-state index in [0.717, 1.165) is 32.7 Å². The van der Waals surface area contributed by atoms with Gasteiger partial charge in [-0.1, -0.05) is 60.2 Å². The second-order valence-electron chi connectivity index (χ2n) is 9.35. The molecule has 0 saturated carbocycles. The molecule has 3 aromatic carbocycles. The average molecular weight is 589 g/mol. The molecule has 1 aromatic heterocycles. The summed E-state index contributed by atoms with van der Waals surface area (Å²) in [6.45, 7) is 3.76. The van der Waals surface area contributed by atoms with Gasteiger partial charge in [0, 0.05) is 10.4 Å². The van der Waals surface area contributed by atoms with Crippen molar-refractivity contribution < 1.29 is 31.7 Å². The van der Waals surface area contributed by atoms with E-state index in [1.807, 2.05) is 37.3 Å². The lowest BCUT2D eigenvalue weighted by atomic mass is 9.85. The molecule has 5 rings (SSSR count). The highest BCUT2D eigenvalue weighted by Crippen LogP contribution is 2.46. The molecular formula is C32H28O7S2. The molecule has 1 heterocycles. The largest absolute Gasteiger partial charge is 0.491 e. The quantitative estimate of drug-likeness (QED) is 0.120. The summed E-state index contributed by atoms with van der Waals surface area (Å²) in [5.74, 6) is -0.576. The number of rotatable bonds is 10. The Morgan fingerprint density at radius 1 is 0.902 bits per heavy atom. The molecule has 0 aliphatic heterocycles. The molecular weight excluding hydrogens is 560 g/mol. The van der Waals surface area contributed by atoms with Gasteiger partial charge in [0.2, 0.25) is 0 Å². The Bertz CT molecular complexity index is 1690. The molecule has 4 aromatic rings. The van der Waals surface area contributed by atoms with Gasteiger partial charge in [0.15, 0.2) is 5.78 Å². The maximum atomic E-state index is 13.1. The number of fused-ring (bicyclic) bond motifs is 1. The number of allylic oxidation sites excluding steroid dienone is 1. The van der Waals surface area contributed by atoms with E-state index in [-0.39, 0.29) is 30.5 Å². The van der Waals surface area contributed by atoms with Crippen LogP contribution in [0.5, 0.6) is 5.75 Å². The zero-order valence-electron chi connectivity index (χ0n) is 22.5. The normalized spacial score (nSPS) is 14.5. The lowest BCUT2D eigenvalue weighted by Crippen LogP contribution is -2.15. The maximum absolute atomic E-state index is 13.1. The van der Waals surface area contributed by atoms with Crippen LogP contribution in [-0.4, -0.2) is 40.0 Å². The highest BCUT2D eigenvalue weighted by Gasteiger charge is 2.33. The molecule has 210 valence electrons. The highest BCUT2D eigenvalue weighted by molar-refractivity contribution is 7.86. The van der Waals surface area contributed by atoms with E-state index in [4.69, 9.17) is 13.7 Å². The van der Waals surface area contributed by atoms with Crippen LogP contribution in [0.4, 0.5) is 0 Å². The van der Waals surface area contributed by atoms with Gasteiger partial charge in [-0.2, -0.15) is 8.42 Å². The fraction of sp³-hybridized carbons (Fsp3) is 0.188. The number of benzene rings is 3. The van der Waals surface area contributed by atoms with Gasteiger partial charge in [0.25, 0.3) is 10.1 Å². The SMILES string of the molecule is CCOC(=O)c1sc2c(c1-c1ccccc1)C=CC(=O)C2c1ccc(OCCOS(=O)(=O)c2ccc(C)cc2)cc1. The Morgan fingerprint density at radius 2 is 1.61 bits per heavy atom. The first kappa shape index (κ1) is 28.5. The van der Waals surface area contributed by atoms with Crippen LogP contribution in [0.3, 0.4) is 0 Å². The number of hydrogen-bond acceptors (Lipinski definition) is 8. The van der Waals surface area contributed by atoms with Gasteiger partial charge in [-0.15, -0.1) is 11.3 Å². The zero-order chi connectivity index (χ0) is 29.0. The van der Waals surface area contributed by atoms with E-state index < -0.39 is 22.0 Å². The van der Waals surface area contributed by atoms with Crippen molar-refractivity contribution in [2.45, 2.75) is 24.7 Å². The fourth-order valence-corrected chi connectivity index (χ4v) is 6.85. The molecule has 1 aliphatic carbocycles. The van der Waals surface area contributed by atoms with Crippen molar-refractivity contribution in [3.63, 3.8) is 0 Å². The van der Waals surface area contributed by atoms with Gasteiger partial charge >= 0.3 is 5.97 Å². The van der Waals surface area contributed by atoms with Crippen molar-refractivity contribution in [2.75, 3.05) is 19.8 Å². The van der Waals surface area contributed by atoms with Gasteiger partial charge < -0.3 is 9.47 Å². The predicted octanol–water partition coefficient (Wildman–Crippen LogP) is 6.41. The van der Waals surface area contributed by atoms with E-state index in [1.165, 1.54) is 23.5 Å². The third-order valence-electron chi connectivity index (χ3n) is 6.57. The summed E-state index contributed by atoms with van der Waals surface area (Å²) >= 11 is 1.28. The highest BCUT2D eigenvalue weighted by atomic mass is 32.2. The monoisotopic (exact) mass is 588 g/mol. The van der Waals surface area contributed by atoms with E-state index in [9.17, 15) is 18.0 Å². The average Bonchev–Trinajstić information content (AvgIpc) is 3.36. The molecule has 1 unspecified atom stereocenters. The Hall–Kier alpha value is -4.05. The van der Waals surface area contributed by atoms with Crippen molar-refractivity contribution in [1.29, 1.82) is 0 Å². The molecule has 0 bridgehead atoms. The predicted molar refractivity (Wildman–Crippen MR) is 158 cm³/mol. The fourth-order valence-electron chi connectivity index (χ4n) is 4.61. The molecule has 0 N–H and O–H groups in total. The molecule has 0 amide bonds. The Balaban J connectivity index is 1.33. The van der Waals surface area contributed by atoms with Gasteiger partial charge in [-0.3, -0.25) is 8.98 Å². The molecule has 9 heteroatoms. The van der Waals surface area contributed by atoms with Crippen LogP contribution >= 0.6 is 11.3 Å². The number of hydrogen-bond donors (Lipinski definition) is 0. The van der Waals surface area contributed by atoms with Crippen LogP contribution in [0, 0.1) is 6.92 Å². The molecule has 0 radical (unpaired) electrons. The van der Waals surface area contributed by atoms with Crippen molar-refractivity contribution >= 4 is 39.3 Å². The number of ketones is 1. The van der Waals surface area contributed by atoms with Gasteiger partial charge in [0.1, 0.15) is 23.8 Å². The maximum Gasteiger partial charge on any atom is 0.348 e. The van der Waals surface area contributed by atoms with Crippen LogP contribution in [-0.2, 0) is 23.8 Å². The van der Waals surface area contributed by atoms with E-state index in [1.54, 1.807) is 55.5 Å². The number of esters is 1. The number of thiophene rings is 1. The second-order valence-corrected chi connectivity index (χ2v) is 12.0. The summed E-state index contributed by atoms with van der Waals surface area (Å²) in [7, 11) is -3.87. The van der Waals surface area contributed by atoms with Crippen LogP contribution < -0.4 is 4.74 Å². The van der Waals surface area contributed by atoms with Crippen molar-refractivity contribution in [1.82, 2.24) is 0 Å². The lowest BCUT2D eigenvalue weighted by molar-refractivity contribution is -0.115. The van der Waals surface area contributed by atoms with Crippen molar-refractivity contribution in [3.05, 3.63) is 111 Å². The number of ether oxygens (including phenoxy) is 2. The molecule has 0 spiro atoms. The summed E-state index contributed by atoms with van der Waals surface area (Å²) in [5, 5.41) is 0. The van der Waals surface area contributed by atoms with Crippen molar-refractivity contribution in [3.8, 4) is 16.9 Å². The smallest absolute Gasteiger partial charge is 0.348 e. The second kappa shape index (κ2) is 12.2. The summed E-state index contributed by atoms with van der Waals surface area (Å²) in [6.07, 6.45) is 3.33. The Morgan fingerprint density at radius 3 is 2.29 bits per heavy atom. The van der Waals surface area contributed by atoms with E-state index in [0.29, 0.717) is 10.6 Å². The van der Waals surface area contributed by atoms with Crippen LogP contribution in [0.25, 0.3) is 17.2 Å². The molecule has 0 saturated heterocycles. The molecule has 1 atom stereocenters. The Kier molecular flexibility index (Phi) is 8.49. The van der Waals surface area contributed by atoms with Crippen LogP contribution in [0.1, 0.15) is 44.1 Å². The first-order valence-corrected chi connectivity index (χ1v) is 15.3. The summed E-state index contributed by atoms with van der Waals surface area (Å²) < 4.78 is 40.8. The van der Waals surface area contributed by atoms with Gasteiger partial charge in [-0.25, -0.2) is 4.79 Å². The minimum atomic E-state index is -3.87. The topological polar surface area (TPSA) is 96.0 Å². The van der Waals surface area contributed by atoms with Crippen molar-refractivity contribution in [2.24, 2.45) is 0 Å². The first-order valence-electron chi connectivity index (χ1n) is 13.1. The molecule has 0 fully saturated rings. The van der Waals surface area contributed by atoms with E-state index in [2.05, 4.69) is 0 Å². The summed E-state index contributed by atoms with van der Waals surface area (Å²) in [4.78, 5) is 27.4. The standard InChI is InChI=1S/C32H28O7S2/c1-3-37-32(34)31-28(22-7-5-4-6-8-22)26-17-18-27(33)29(30(26)40-31)23-11-13-24(14-12-23)38-19-20-39-41(35,36)25-15-9-21(2)10-16-25/h4-18,29H,3,19-20H2,1-2H3. The Labute approximate surface area is 243 Å². The first-order chi connectivity index (χ1) is 19.8. The number of carbonyl (C=O) groups is 2. The number of carbonyl (C=O) groups excluding carboxylic acids is 2. The summed E-state index contributed by atoms with van der Waals surface area (Å²) in [5.41, 5.74) is 4.18. The van der Waals surface area contributed by atoms with Crippen LogP contribution in [0.15, 0.2) is 89.8 Å². The number of aryl methyl sites for hydroxylation is 1. The van der Waals surface area contributed by atoms with Crippen LogP contribution in [0.2, 0.25) is 0 Å².